The molecule has 1 saturated carbocycles. The molecule has 11 heteroatoms. The van der Waals surface area contributed by atoms with Gasteiger partial charge in [-0.2, -0.15) is 0 Å². The van der Waals surface area contributed by atoms with Gasteiger partial charge in [-0.05, 0) is 61.7 Å². The Hall–Kier alpha value is -3.79. The number of hydrogen-bond acceptors (Lipinski definition) is 5. The number of aromatic nitrogens is 2. The summed E-state index contributed by atoms with van der Waals surface area (Å²) in [4.78, 5) is 32.4. The van der Waals surface area contributed by atoms with Crippen LogP contribution in [0.25, 0.3) is 0 Å². The molecule has 35 heavy (non-hydrogen) atoms. The predicted octanol–water partition coefficient (Wildman–Crippen LogP) is 6.33. The lowest BCUT2D eigenvalue weighted by Gasteiger charge is -2.15. The highest BCUT2D eigenvalue weighted by Gasteiger charge is 2.30. The van der Waals surface area contributed by atoms with Crippen LogP contribution in [-0.2, 0) is 10.7 Å². The van der Waals surface area contributed by atoms with Crippen LogP contribution in [0.3, 0.4) is 0 Å². The van der Waals surface area contributed by atoms with Crippen molar-refractivity contribution in [2.75, 3.05) is 16.0 Å². The van der Waals surface area contributed by atoms with Crippen molar-refractivity contribution in [3.8, 4) is 11.6 Å². The lowest BCUT2D eigenvalue weighted by atomic mass is 10.1. The molecule has 0 spiro atoms. The summed E-state index contributed by atoms with van der Waals surface area (Å²) >= 11 is 5.84. The SMILES string of the molecule is Cc1cc(Oc2cc(NC(=O)C3CC3)ncn2)ccc1NC(=O)Nc1ccc(Cl)c(C(C)(F)F)c1. The highest BCUT2D eigenvalue weighted by molar-refractivity contribution is 6.31. The molecule has 3 N–H and O–H groups in total. The van der Waals surface area contributed by atoms with Gasteiger partial charge in [-0.25, -0.2) is 23.5 Å². The van der Waals surface area contributed by atoms with Crippen LogP contribution in [0, 0.1) is 12.8 Å². The maximum absolute atomic E-state index is 13.7. The molecule has 1 aliphatic carbocycles. The van der Waals surface area contributed by atoms with Gasteiger partial charge in [0.25, 0.3) is 5.92 Å². The minimum atomic E-state index is -3.15. The smallest absolute Gasteiger partial charge is 0.323 e. The summed E-state index contributed by atoms with van der Waals surface area (Å²) in [7, 11) is 0. The lowest BCUT2D eigenvalue weighted by Crippen LogP contribution is -2.20. The van der Waals surface area contributed by atoms with Crippen LogP contribution in [-0.4, -0.2) is 21.9 Å². The second-order valence-electron chi connectivity index (χ2n) is 8.25. The van der Waals surface area contributed by atoms with Crippen molar-refractivity contribution in [3.63, 3.8) is 0 Å². The molecule has 2 aromatic carbocycles. The average Bonchev–Trinajstić information content (AvgIpc) is 3.62. The van der Waals surface area contributed by atoms with E-state index in [-0.39, 0.29) is 34.0 Å². The van der Waals surface area contributed by atoms with Crippen molar-refractivity contribution in [1.29, 1.82) is 0 Å². The van der Waals surface area contributed by atoms with Crippen molar-refractivity contribution < 1.29 is 23.1 Å². The van der Waals surface area contributed by atoms with E-state index in [0.29, 0.717) is 22.8 Å². The maximum Gasteiger partial charge on any atom is 0.323 e. The van der Waals surface area contributed by atoms with Gasteiger partial charge in [-0.15, -0.1) is 0 Å². The summed E-state index contributed by atoms with van der Waals surface area (Å²) in [6, 6.07) is 9.74. The predicted molar refractivity (Wildman–Crippen MR) is 128 cm³/mol. The molecule has 4 rings (SSSR count). The molecule has 0 unspecified atom stereocenters. The van der Waals surface area contributed by atoms with Crippen LogP contribution in [0.1, 0.15) is 30.9 Å². The molecule has 0 bridgehead atoms. The minimum Gasteiger partial charge on any atom is -0.439 e. The first-order valence-electron chi connectivity index (χ1n) is 10.8. The number of rotatable bonds is 7. The highest BCUT2D eigenvalue weighted by Crippen LogP contribution is 2.35. The zero-order chi connectivity index (χ0) is 25.2. The summed E-state index contributed by atoms with van der Waals surface area (Å²) in [5.74, 6) is -2.12. The summed E-state index contributed by atoms with van der Waals surface area (Å²) in [6.07, 6.45) is 3.06. The number of amides is 3. The third-order valence-corrected chi connectivity index (χ3v) is 5.54. The largest absolute Gasteiger partial charge is 0.439 e. The van der Waals surface area contributed by atoms with Gasteiger partial charge in [0.15, 0.2) is 0 Å². The van der Waals surface area contributed by atoms with Crippen LogP contribution in [0.15, 0.2) is 48.8 Å². The molecule has 1 fully saturated rings. The number of benzene rings is 2. The quantitative estimate of drug-likeness (QED) is 0.350. The van der Waals surface area contributed by atoms with Crippen LogP contribution in [0.4, 0.5) is 30.8 Å². The van der Waals surface area contributed by atoms with Crippen molar-refractivity contribution in [3.05, 3.63) is 64.9 Å². The van der Waals surface area contributed by atoms with Crippen LogP contribution in [0.2, 0.25) is 5.02 Å². The summed E-state index contributed by atoms with van der Waals surface area (Å²) in [5, 5.41) is 7.84. The lowest BCUT2D eigenvalue weighted by molar-refractivity contribution is -0.117. The van der Waals surface area contributed by atoms with E-state index in [1.807, 2.05) is 0 Å². The Labute approximate surface area is 205 Å². The first kappa shape index (κ1) is 24.3. The molecular weight excluding hydrogens is 480 g/mol. The molecule has 1 aromatic heterocycles. The number of nitrogens with one attached hydrogen (secondary N) is 3. The van der Waals surface area contributed by atoms with Crippen molar-refractivity contribution in [2.24, 2.45) is 5.92 Å². The summed E-state index contributed by atoms with van der Waals surface area (Å²) < 4.78 is 33.1. The third-order valence-electron chi connectivity index (χ3n) is 5.21. The third kappa shape index (κ3) is 6.42. The molecule has 1 aliphatic rings. The molecule has 0 radical (unpaired) electrons. The number of hydrogen-bond donors (Lipinski definition) is 3. The normalized spacial score (nSPS) is 13.2. The Bertz CT molecular complexity index is 1280. The second-order valence-corrected chi connectivity index (χ2v) is 8.65. The molecular formula is C24H22ClF2N5O3. The Balaban J connectivity index is 1.39. The number of anilines is 3. The minimum absolute atomic E-state index is 0.0450. The zero-order valence-corrected chi connectivity index (χ0v) is 19.6. The number of carbonyl (C=O) groups excluding carboxylic acids is 2. The first-order valence-corrected chi connectivity index (χ1v) is 11.1. The van der Waals surface area contributed by atoms with Gasteiger partial charge in [0.05, 0.1) is 0 Å². The molecule has 3 amide bonds. The van der Waals surface area contributed by atoms with Crippen molar-refractivity contribution in [2.45, 2.75) is 32.6 Å². The Morgan fingerprint density at radius 1 is 1.06 bits per heavy atom. The Kier molecular flexibility index (Phi) is 6.83. The van der Waals surface area contributed by atoms with Gasteiger partial charge in [0.2, 0.25) is 11.8 Å². The van der Waals surface area contributed by atoms with Gasteiger partial charge in [-0.1, -0.05) is 11.6 Å². The van der Waals surface area contributed by atoms with E-state index in [4.69, 9.17) is 16.3 Å². The molecule has 0 aliphatic heterocycles. The number of ether oxygens (including phenoxy) is 1. The van der Waals surface area contributed by atoms with E-state index in [9.17, 15) is 18.4 Å². The Morgan fingerprint density at radius 3 is 2.51 bits per heavy atom. The summed E-state index contributed by atoms with van der Waals surface area (Å²) in [5.41, 5.74) is 0.972. The molecule has 0 saturated heterocycles. The molecule has 8 nitrogen and oxygen atoms in total. The standard InChI is InChI=1S/C24H22ClF2N5O3/c1-13-9-16(35-21-11-20(28-12-29-21)32-22(33)14-3-4-14)6-8-19(13)31-23(34)30-15-5-7-18(25)17(10-15)24(2,26)27/h5-12,14H,3-4H2,1-2H3,(H2,30,31,34)(H,28,29,32,33). The highest BCUT2D eigenvalue weighted by atomic mass is 35.5. The van der Waals surface area contributed by atoms with Gasteiger partial charge < -0.3 is 20.7 Å². The molecule has 1 heterocycles. The van der Waals surface area contributed by atoms with Crippen LogP contribution >= 0.6 is 11.6 Å². The number of carbonyl (C=O) groups is 2. The van der Waals surface area contributed by atoms with E-state index >= 15 is 0 Å². The van der Waals surface area contributed by atoms with Crippen molar-refractivity contribution >= 4 is 40.7 Å². The van der Waals surface area contributed by atoms with E-state index < -0.39 is 12.0 Å². The number of nitrogens with zero attached hydrogens (tertiary/aromatic N) is 2. The Morgan fingerprint density at radius 2 is 1.83 bits per heavy atom. The van der Waals surface area contributed by atoms with Gasteiger partial charge in [-0.3, -0.25) is 4.79 Å². The van der Waals surface area contributed by atoms with Gasteiger partial charge in [0.1, 0.15) is 17.9 Å². The van der Waals surface area contributed by atoms with Crippen LogP contribution in [0.5, 0.6) is 11.6 Å². The maximum atomic E-state index is 13.7. The van der Waals surface area contributed by atoms with E-state index in [2.05, 4.69) is 25.9 Å². The van der Waals surface area contributed by atoms with Crippen LogP contribution < -0.4 is 20.7 Å². The topological polar surface area (TPSA) is 105 Å². The number of aryl methyl sites for hydroxylation is 1. The zero-order valence-electron chi connectivity index (χ0n) is 18.9. The molecule has 3 aromatic rings. The van der Waals surface area contributed by atoms with Crippen molar-refractivity contribution in [1.82, 2.24) is 9.97 Å². The second kappa shape index (κ2) is 9.83. The van der Waals surface area contributed by atoms with Gasteiger partial charge in [0, 0.05) is 40.9 Å². The fourth-order valence-electron chi connectivity index (χ4n) is 3.22. The van der Waals surface area contributed by atoms with Gasteiger partial charge >= 0.3 is 6.03 Å². The number of urea groups is 1. The molecule has 0 atom stereocenters. The number of alkyl halides is 2. The monoisotopic (exact) mass is 501 g/mol. The first-order chi connectivity index (χ1) is 16.6. The number of halogens is 3. The molecule has 182 valence electrons. The average molecular weight is 502 g/mol. The summed E-state index contributed by atoms with van der Waals surface area (Å²) in [6.45, 7) is 2.50. The van der Waals surface area contributed by atoms with E-state index in [1.165, 1.54) is 24.5 Å². The van der Waals surface area contributed by atoms with E-state index in [0.717, 1.165) is 25.8 Å². The fraction of sp³-hybridized carbons (Fsp3) is 0.250. The fourth-order valence-corrected chi connectivity index (χ4v) is 3.51. The van der Waals surface area contributed by atoms with E-state index in [1.54, 1.807) is 25.1 Å².